The maximum Gasteiger partial charge on any atom is 0.115 e. The molecular formula is C20H26N4O. The standard InChI is InChI=1S/C20H26N4O/c1-23(2)13-12-21-15-24-14-19(16-6-4-3-5-7-16)20(22-24)17-8-10-18(25)11-9-17/h3-11,19,21,25H,12-15H2,1-2H3. The maximum atomic E-state index is 9.56. The lowest BCUT2D eigenvalue weighted by Crippen LogP contribution is -2.34. The Morgan fingerprint density at radius 3 is 2.52 bits per heavy atom. The summed E-state index contributed by atoms with van der Waals surface area (Å²) in [6.07, 6.45) is 0. The number of hydrogen-bond donors (Lipinski definition) is 2. The van der Waals surface area contributed by atoms with Crippen molar-refractivity contribution < 1.29 is 5.11 Å². The summed E-state index contributed by atoms with van der Waals surface area (Å²) < 4.78 is 0. The van der Waals surface area contributed by atoms with Gasteiger partial charge in [0, 0.05) is 19.0 Å². The van der Waals surface area contributed by atoms with Gasteiger partial charge in [-0.1, -0.05) is 30.3 Å². The number of aromatic hydroxyl groups is 1. The normalized spacial score (nSPS) is 17.2. The largest absolute Gasteiger partial charge is 0.508 e. The van der Waals surface area contributed by atoms with Gasteiger partial charge in [-0.15, -0.1) is 0 Å². The van der Waals surface area contributed by atoms with E-state index in [0.717, 1.165) is 37.6 Å². The highest BCUT2D eigenvalue weighted by Gasteiger charge is 2.28. The highest BCUT2D eigenvalue weighted by Crippen LogP contribution is 2.28. The fourth-order valence-electron chi connectivity index (χ4n) is 3.01. The summed E-state index contributed by atoms with van der Waals surface area (Å²) in [5.41, 5.74) is 3.38. The van der Waals surface area contributed by atoms with Crippen LogP contribution in [0.4, 0.5) is 0 Å². The Morgan fingerprint density at radius 1 is 1.12 bits per heavy atom. The van der Waals surface area contributed by atoms with E-state index in [9.17, 15) is 5.11 Å². The molecule has 1 unspecified atom stereocenters. The number of phenols is 1. The van der Waals surface area contributed by atoms with Gasteiger partial charge in [0.1, 0.15) is 5.75 Å². The minimum absolute atomic E-state index is 0.237. The number of benzene rings is 2. The van der Waals surface area contributed by atoms with Crippen LogP contribution in [0.1, 0.15) is 17.0 Å². The van der Waals surface area contributed by atoms with Crippen LogP contribution in [-0.2, 0) is 0 Å². The van der Waals surface area contributed by atoms with Crippen molar-refractivity contribution in [2.75, 3.05) is 40.4 Å². The number of nitrogens with one attached hydrogen (secondary N) is 1. The summed E-state index contributed by atoms with van der Waals surface area (Å²) in [7, 11) is 4.15. The average Bonchev–Trinajstić information content (AvgIpc) is 3.04. The Kier molecular flexibility index (Phi) is 5.68. The summed E-state index contributed by atoms with van der Waals surface area (Å²) in [4.78, 5) is 2.16. The zero-order chi connectivity index (χ0) is 17.6. The molecule has 0 fully saturated rings. The Labute approximate surface area is 149 Å². The molecule has 0 saturated carbocycles. The van der Waals surface area contributed by atoms with Crippen molar-refractivity contribution in [3.8, 4) is 5.75 Å². The van der Waals surface area contributed by atoms with Gasteiger partial charge in [0.05, 0.1) is 18.9 Å². The summed E-state index contributed by atoms with van der Waals surface area (Å²) in [6, 6.07) is 17.8. The minimum Gasteiger partial charge on any atom is -0.508 e. The van der Waals surface area contributed by atoms with Crippen molar-refractivity contribution in [1.82, 2.24) is 15.2 Å². The zero-order valence-electron chi connectivity index (χ0n) is 14.9. The van der Waals surface area contributed by atoms with E-state index in [2.05, 4.69) is 53.6 Å². The predicted molar refractivity (Wildman–Crippen MR) is 102 cm³/mol. The molecule has 5 nitrogen and oxygen atoms in total. The zero-order valence-corrected chi connectivity index (χ0v) is 14.9. The molecule has 2 aromatic carbocycles. The van der Waals surface area contributed by atoms with Crippen LogP contribution >= 0.6 is 0 Å². The number of hydrogen-bond acceptors (Lipinski definition) is 5. The maximum absolute atomic E-state index is 9.56. The molecular weight excluding hydrogens is 312 g/mol. The fourth-order valence-corrected chi connectivity index (χ4v) is 3.01. The van der Waals surface area contributed by atoms with Crippen LogP contribution in [0, 0.1) is 0 Å². The van der Waals surface area contributed by atoms with Gasteiger partial charge in [-0.2, -0.15) is 5.10 Å². The Balaban J connectivity index is 1.76. The van der Waals surface area contributed by atoms with Gasteiger partial charge in [-0.05, 0) is 49.5 Å². The number of phenolic OH excluding ortho intramolecular Hbond substituents is 1. The summed E-state index contributed by atoms with van der Waals surface area (Å²) in [6.45, 7) is 3.53. The molecule has 2 aromatic rings. The van der Waals surface area contributed by atoms with Crippen molar-refractivity contribution in [2.24, 2.45) is 5.10 Å². The third-order valence-corrected chi connectivity index (χ3v) is 4.37. The van der Waals surface area contributed by atoms with Crippen LogP contribution in [-0.4, -0.2) is 61.1 Å². The van der Waals surface area contributed by atoms with E-state index in [1.165, 1.54) is 5.56 Å². The molecule has 3 rings (SSSR count). The van der Waals surface area contributed by atoms with E-state index in [1.807, 2.05) is 18.2 Å². The van der Waals surface area contributed by atoms with Crippen molar-refractivity contribution in [3.05, 3.63) is 65.7 Å². The van der Waals surface area contributed by atoms with E-state index < -0.39 is 0 Å². The van der Waals surface area contributed by atoms with E-state index in [1.54, 1.807) is 12.1 Å². The van der Waals surface area contributed by atoms with Gasteiger partial charge in [-0.3, -0.25) is 10.3 Å². The predicted octanol–water partition coefficient (Wildman–Crippen LogP) is 2.30. The lowest BCUT2D eigenvalue weighted by molar-refractivity contribution is 0.276. The highest BCUT2D eigenvalue weighted by atomic mass is 16.3. The first-order valence-corrected chi connectivity index (χ1v) is 8.67. The molecule has 1 aliphatic heterocycles. The van der Waals surface area contributed by atoms with Gasteiger partial charge in [0.2, 0.25) is 0 Å². The molecule has 1 atom stereocenters. The van der Waals surface area contributed by atoms with E-state index in [-0.39, 0.29) is 11.7 Å². The first-order chi connectivity index (χ1) is 12.1. The van der Waals surface area contributed by atoms with Gasteiger partial charge >= 0.3 is 0 Å². The highest BCUT2D eigenvalue weighted by molar-refractivity contribution is 6.06. The molecule has 0 aromatic heterocycles. The topological polar surface area (TPSA) is 51.1 Å². The van der Waals surface area contributed by atoms with Crippen molar-refractivity contribution in [3.63, 3.8) is 0 Å². The first kappa shape index (κ1) is 17.5. The van der Waals surface area contributed by atoms with Crippen LogP contribution in [0.15, 0.2) is 59.7 Å². The van der Waals surface area contributed by atoms with Crippen LogP contribution in [0.3, 0.4) is 0 Å². The summed E-state index contributed by atoms with van der Waals surface area (Å²) >= 11 is 0. The second kappa shape index (κ2) is 8.14. The number of rotatable bonds is 7. The van der Waals surface area contributed by atoms with E-state index in [4.69, 9.17) is 5.10 Å². The molecule has 1 aliphatic rings. The molecule has 2 N–H and O–H groups in total. The van der Waals surface area contributed by atoms with Gasteiger partial charge in [0.15, 0.2) is 0 Å². The smallest absolute Gasteiger partial charge is 0.115 e. The molecule has 0 spiro atoms. The van der Waals surface area contributed by atoms with Crippen LogP contribution < -0.4 is 5.32 Å². The molecule has 0 aliphatic carbocycles. The fraction of sp³-hybridized carbons (Fsp3) is 0.350. The average molecular weight is 338 g/mol. The number of nitrogens with zero attached hydrogens (tertiary/aromatic N) is 3. The molecule has 132 valence electrons. The quantitative estimate of drug-likeness (QED) is 0.761. The Bertz CT molecular complexity index is 697. The SMILES string of the molecule is CN(C)CCNCN1CC(c2ccccc2)C(c2ccc(O)cc2)=N1. The van der Waals surface area contributed by atoms with Crippen molar-refractivity contribution in [1.29, 1.82) is 0 Å². The van der Waals surface area contributed by atoms with E-state index in [0.29, 0.717) is 0 Å². The molecule has 0 amide bonds. The third kappa shape index (κ3) is 4.59. The monoisotopic (exact) mass is 338 g/mol. The molecule has 25 heavy (non-hydrogen) atoms. The third-order valence-electron chi connectivity index (χ3n) is 4.37. The van der Waals surface area contributed by atoms with Gasteiger partial charge in [-0.25, -0.2) is 0 Å². The number of likely N-dealkylation sites (N-methyl/N-ethyl adjacent to an activating group) is 1. The second-order valence-corrected chi connectivity index (χ2v) is 6.65. The molecule has 0 bridgehead atoms. The van der Waals surface area contributed by atoms with Crippen molar-refractivity contribution in [2.45, 2.75) is 5.92 Å². The minimum atomic E-state index is 0.237. The molecule has 5 heteroatoms. The second-order valence-electron chi connectivity index (χ2n) is 6.65. The van der Waals surface area contributed by atoms with Gasteiger partial charge < -0.3 is 10.0 Å². The Hall–Kier alpha value is -2.37. The van der Waals surface area contributed by atoms with Crippen LogP contribution in [0.25, 0.3) is 0 Å². The van der Waals surface area contributed by atoms with Crippen LogP contribution in [0.2, 0.25) is 0 Å². The number of hydrazone groups is 1. The van der Waals surface area contributed by atoms with E-state index >= 15 is 0 Å². The summed E-state index contributed by atoms with van der Waals surface area (Å²) in [5.74, 6) is 0.516. The van der Waals surface area contributed by atoms with Gasteiger partial charge in [0.25, 0.3) is 0 Å². The first-order valence-electron chi connectivity index (χ1n) is 8.67. The van der Waals surface area contributed by atoms with Crippen LogP contribution in [0.5, 0.6) is 5.75 Å². The molecule has 0 radical (unpaired) electrons. The molecule has 0 saturated heterocycles. The Morgan fingerprint density at radius 2 is 1.84 bits per heavy atom. The molecule has 1 heterocycles. The lowest BCUT2D eigenvalue weighted by atomic mass is 9.91. The van der Waals surface area contributed by atoms with Crippen molar-refractivity contribution >= 4 is 5.71 Å². The summed E-state index contributed by atoms with van der Waals surface area (Å²) in [5, 5.41) is 20.0. The lowest BCUT2D eigenvalue weighted by Gasteiger charge is -2.18.